The molecule has 0 saturated heterocycles. The number of carbonyl (C=O) groups excluding carboxylic acids is 1. The molecular formula is C36H35N3O5. The number of ether oxygens (including phenoxy) is 3. The molecule has 3 heterocycles. The zero-order valence-corrected chi connectivity index (χ0v) is 25.9. The van der Waals surface area contributed by atoms with Gasteiger partial charge in [-0.15, -0.1) is 0 Å². The molecule has 1 unspecified atom stereocenters. The van der Waals surface area contributed by atoms with Gasteiger partial charge in [0, 0.05) is 23.2 Å². The molecule has 8 heteroatoms. The predicted molar refractivity (Wildman–Crippen MR) is 174 cm³/mol. The average Bonchev–Trinajstić information content (AvgIpc) is 3.45. The Morgan fingerprint density at radius 3 is 2.52 bits per heavy atom. The summed E-state index contributed by atoms with van der Waals surface area (Å²) in [6, 6.07) is 17.2. The van der Waals surface area contributed by atoms with Gasteiger partial charge in [-0.1, -0.05) is 24.8 Å². The molecule has 0 spiro atoms. The third kappa shape index (κ3) is 4.86. The number of allylic oxidation sites excluding steroid dienone is 1. The Bertz CT molecular complexity index is 1900. The number of aliphatic imine (C=N–C) groups is 2. The van der Waals surface area contributed by atoms with Crippen LogP contribution >= 0.6 is 0 Å². The molecule has 1 atom stereocenters. The van der Waals surface area contributed by atoms with Gasteiger partial charge in [0.1, 0.15) is 28.5 Å². The second-order valence-corrected chi connectivity index (χ2v) is 10.8. The SMILES string of the molecule is C=C(C)c1cc2cc(C(C)=NCC)c3c(c2o1)C1c2c(C)cccc2C=C(C(=O)OCC)N1C(=Nc1ccc(OC)cc1)O3. The monoisotopic (exact) mass is 589 g/mol. The van der Waals surface area contributed by atoms with Gasteiger partial charge in [0.25, 0.3) is 0 Å². The van der Waals surface area contributed by atoms with Crippen molar-refractivity contribution in [3.05, 3.63) is 100 Å². The van der Waals surface area contributed by atoms with Gasteiger partial charge in [0.15, 0.2) is 0 Å². The number of methoxy groups -OCH3 is 1. The topological polar surface area (TPSA) is 85.9 Å². The second kappa shape index (κ2) is 11.5. The number of carbonyl (C=O) groups is 1. The Hall–Kier alpha value is -5.11. The largest absolute Gasteiger partial charge is 0.497 e. The van der Waals surface area contributed by atoms with Crippen LogP contribution in [-0.4, -0.2) is 42.9 Å². The summed E-state index contributed by atoms with van der Waals surface area (Å²) in [7, 11) is 1.62. The van der Waals surface area contributed by atoms with Crippen LogP contribution in [0.25, 0.3) is 22.6 Å². The Morgan fingerprint density at radius 2 is 1.84 bits per heavy atom. The number of esters is 1. The molecule has 3 aromatic carbocycles. The first kappa shape index (κ1) is 29.0. The number of hydrogen-bond acceptors (Lipinski definition) is 7. The summed E-state index contributed by atoms with van der Waals surface area (Å²) >= 11 is 0. The lowest BCUT2D eigenvalue weighted by Gasteiger charge is -2.43. The summed E-state index contributed by atoms with van der Waals surface area (Å²) in [5.74, 6) is 1.49. The van der Waals surface area contributed by atoms with Crippen molar-refractivity contribution in [1.29, 1.82) is 0 Å². The van der Waals surface area contributed by atoms with Crippen molar-refractivity contribution < 1.29 is 23.4 Å². The second-order valence-electron chi connectivity index (χ2n) is 10.8. The molecule has 2 aliphatic heterocycles. The van der Waals surface area contributed by atoms with Crippen molar-refractivity contribution in [2.24, 2.45) is 9.98 Å². The van der Waals surface area contributed by atoms with Crippen molar-refractivity contribution in [1.82, 2.24) is 4.90 Å². The fourth-order valence-corrected chi connectivity index (χ4v) is 5.87. The molecule has 0 N–H and O–H groups in total. The van der Waals surface area contributed by atoms with E-state index in [0.717, 1.165) is 44.5 Å². The van der Waals surface area contributed by atoms with Crippen LogP contribution in [0.2, 0.25) is 0 Å². The molecule has 4 aromatic rings. The molecule has 8 nitrogen and oxygen atoms in total. The van der Waals surface area contributed by atoms with E-state index in [1.165, 1.54) is 0 Å². The van der Waals surface area contributed by atoms with Gasteiger partial charge in [-0.25, -0.2) is 4.79 Å². The number of hydrogen-bond donors (Lipinski definition) is 0. The number of benzene rings is 3. The lowest BCUT2D eigenvalue weighted by atomic mass is 9.83. The van der Waals surface area contributed by atoms with Crippen LogP contribution < -0.4 is 9.47 Å². The molecule has 0 bridgehead atoms. The Balaban J connectivity index is 1.73. The van der Waals surface area contributed by atoms with Crippen LogP contribution in [-0.2, 0) is 9.53 Å². The molecule has 0 aliphatic carbocycles. The van der Waals surface area contributed by atoms with Crippen molar-refractivity contribution in [2.45, 2.75) is 40.7 Å². The molecule has 2 aliphatic rings. The zero-order valence-electron chi connectivity index (χ0n) is 25.9. The first-order chi connectivity index (χ1) is 21.2. The average molecular weight is 590 g/mol. The number of aryl methyl sites for hydroxylation is 1. The minimum absolute atomic E-state index is 0.221. The highest BCUT2D eigenvalue weighted by molar-refractivity contribution is 6.09. The van der Waals surface area contributed by atoms with Crippen molar-refractivity contribution in [3.63, 3.8) is 0 Å². The molecule has 224 valence electrons. The first-order valence-electron chi connectivity index (χ1n) is 14.7. The van der Waals surface area contributed by atoms with E-state index in [1.807, 2.05) is 80.3 Å². The number of fused-ring (bicyclic) bond motifs is 7. The molecular weight excluding hydrogens is 554 g/mol. The highest BCUT2D eigenvalue weighted by atomic mass is 16.5. The Morgan fingerprint density at radius 1 is 1.07 bits per heavy atom. The molecule has 6 rings (SSSR count). The van der Waals surface area contributed by atoms with Gasteiger partial charge < -0.3 is 18.6 Å². The summed E-state index contributed by atoms with van der Waals surface area (Å²) in [6.07, 6.45) is 1.85. The Kier molecular flexibility index (Phi) is 7.59. The summed E-state index contributed by atoms with van der Waals surface area (Å²) in [6.45, 7) is 14.7. The molecule has 1 aromatic heterocycles. The highest BCUT2D eigenvalue weighted by Crippen LogP contribution is 2.51. The normalized spacial score (nSPS) is 16.5. The van der Waals surface area contributed by atoms with Crippen molar-refractivity contribution in [2.75, 3.05) is 20.3 Å². The lowest BCUT2D eigenvalue weighted by molar-refractivity contribution is -0.140. The first-order valence-corrected chi connectivity index (χ1v) is 14.7. The van der Waals surface area contributed by atoms with E-state index in [1.54, 1.807) is 14.0 Å². The Labute approximate surface area is 257 Å². The highest BCUT2D eigenvalue weighted by Gasteiger charge is 2.45. The third-order valence-corrected chi connectivity index (χ3v) is 7.90. The minimum atomic E-state index is -0.516. The maximum atomic E-state index is 13.6. The van der Waals surface area contributed by atoms with Gasteiger partial charge in [-0.3, -0.25) is 9.89 Å². The van der Waals surface area contributed by atoms with Crippen LogP contribution in [0.4, 0.5) is 5.69 Å². The molecule has 0 amide bonds. The van der Waals surface area contributed by atoms with Crippen molar-refractivity contribution in [3.8, 4) is 11.5 Å². The zero-order chi connectivity index (χ0) is 31.1. The van der Waals surface area contributed by atoms with E-state index in [9.17, 15) is 4.79 Å². The van der Waals surface area contributed by atoms with E-state index < -0.39 is 12.0 Å². The molecule has 0 fully saturated rings. The van der Waals surface area contributed by atoms with Gasteiger partial charge in [-0.2, -0.15) is 4.99 Å². The van der Waals surface area contributed by atoms with E-state index in [4.69, 9.17) is 28.6 Å². The van der Waals surface area contributed by atoms with E-state index in [2.05, 4.69) is 19.6 Å². The molecule has 44 heavy (non-hydrogen) atoms. The van der Waals surface area contributed by atoms with Crippen LogP contribution in [0.1, 0.15) is 67.3 Å². The van der Waals surface area contributed by atoms with Gasteiger partial charge >= 0.3 is 12.0 Å². The number of nitrogens with zero attached hydrogens (tertiary/aromatic N) is 3. The summed E-state index contributed by atoms with van der Waals surface area (Å²) in [4.78, 5) is 25.2. The maximum absolute atomic E-state index is 13.6. The van der Waals surface area contributed by atoms with E-state index >= 15 is 0 Å². The van der Waals surface area contributed by atoms with Gasteiger partial charge in [0.2, 0.25) is 0 Å². The third-order valence-electron chi connectivity index (χ3n) is 7.90. The number of furan rings is 1. The standard InChI is InChI=1S/C36H35N3O5/c1-8-37-22(6)27-17-24-19-29(20(3)4)43-33(24)31-32-30-21(5)11-10-12-23(30)18-28(35(40)42-9-2)39(32)36(44-34(27)31)38-25-13-15-26(41-7)16-14-25/h10-19,32H,3,8-9H2,1-2,4-7H3. The van der Waals surface area contributed by atoms with E-state index in [-0.39, 0.29) is 12.6 Å². The maximum Gasteiger partial charge on any atom is 0.355 e. The number of amidine groups is 1. The van der Waals surface area contributed by atoms with Crippen LogP contribution in [0, 0.1) is 6.92 Å². The quantitative estimate of drug-likeness (QED) is 0.160. The van der Waals surface area contributed by atoms with E-state index in [0.29, 0.717) is 40.8 Å². The minimum Gasteiger partial charge on any atom is -0.497 e. The van der Waals surface area contributed by atoms with Gasteiger partial charge in [0.05, 0.1) is 31.0 Å². The number of rotatable bonds is 7. The van der Waals surface area contributed by atoms with Crippen LogP contribution in [0.3, 0.4) is 0 Å². The van der Waals surface area contributed by atoms with Crippen molar-refractivity contribution >= 4 is 46.0 Å². The van der Waals surface area contributed by atoms with Gasteiger partial charge in [-0.05, 0) is 99.4 Å². The lowest BCUT2D eigenvalue weighted by Crippen LogP contribution is -2.46. The smallest absolute Gasteiger partial charge is 0.355 e. The fourth-order valence-electron chi connectivity index (χ4n) is 5.87. The summed E-state index contributed by atoms with van der Waals surface area (Å²) < 4.78 is 24.2. The fraction of sp³-hybridized carbons (Fsp3) is 0.250. The molecule has 0 radical (unpaired) electrons. The summed E-state index contributed by atoms with van der Waals surface area (Å²) in [5, 5.41) is 0.892. The van der Waals surface area contributed by atoms with Crippen LogP contribution in [0.15, 0.2) is 81.3 Å². The molecule has 0 saturated carbocycles. The summed E-state index contributed by atoms with van der Waals surface area (Å²) in [5.41, 5.74) is 7.83. The van der Waals surface area contributed by atoms with Crippen LogP contribution in [0.5, 0.6) is 11.5 Å². The predicted octanol–water partition coefficient (Wildman–Crippen LogP) is 8.00.